The van der Waals surface area contributed by atoms with E-state index < -0.39 is 12.1 Å². The average molecular weight is 959 g/mol. The monoisotopic (exact) mass is 958 g/mol. The minimum atomic E-state index is -0.669. The number of aliphatic hydroxyl groups is 2. The van der Waals surface area contributed by atoms with Gasteiger partial charge in [-0.25, -0.2) is 0 Å². The first-order chi connectivity index (χ1) is 33.5. The molecule has 0 heterocycles. The number of ether oxygens (including phenoxy) is 1. The van der Waals surface area contributed by atoms with Crippen LogP contribution in [0, 0.1) is 0 Å². The Morgan fingerprint density at radius 2 is 0.691 bits per heavy atom. The highest BCUT2D eigenvalue weighted by molar-refractivity contribution is 5.76. The highest BCUT2D eigenvalue weighted by atomic mass is 16.5. The molecule has 0 saturated heterocycles. The van der Waals surface area contributed by atoms with Crippen molar-refractivity contribution in [3.8, 4) is 0 Å². The van der Waals surface area contributed by atoms with E-state index in [0.717, 1.165) is 44.9 Å². The van der Waals surface area contributed by atoms with Crippen LogP contribution in [0.1, 0.15) is 335 Å². The number of esters is 1. The van der Waals surface area contributed by atoms with Gasteiger partial charge in [-0.05, 0) is 77.0 Å². The molecule has 6 nitrogen and oxygen atoms in total. The molecule has 0 bridgehead atoms. The second-order valence-electron chi connectivity index (χ2n) is 21.0. The number of hydrogen-bond acceptors (Lipinski definition) is 5. The highest BCUT2D eigenvalue weighted by Gasteiger charge is 2.20. The summed E-state index contributed by atoms with van der Waals surface area (Å²) in [5.41, 5.74) is 0. The number of nitrogens with one attached hydrogen (secondary N) is 1. The van der Waals surface area contributed by atoms with Crippen molar-refractivity contribution >= 4 is 11.9 Å². The van der Waals surface area contributed by atoms with E-state index in [1.807, 2.05) is 0 Å². The van der Waals surface area contributed by atoms with E-state index in [1.165, 1.54) is 257 Å². The van der Waals surface area contributed by atoms with E-state index in [0.29, 0.717) is 25.9 Å². The molecule has 0 aromatic heterocycles. The van der Waals surface area contributed by atoms with Gasteiger partial charge in [-0.15, -0.1) is 0 Å². The average Bonchev–Trinajstić information content (AvgIpc) is 3.34. The zero-order valence-electron chi connectivity index (χ0n) is 45.9. The second kappa shape index (κ2) is 57.9. The first-order valence-corrected chi connectivity index (χ1v) is 30.6. The maximum absolute atomic E-state index is 12.5. The van der Waals surface area contributed by atoms with Gasteiger partial charge in [0.05, 0.1) is 25.4 Å². The van der Waals surface area contributed by atoms with Gasteiger partial charge >= 0.3 is 5.97 Å². The predicted octanol–water partition coefficient (Wildman–Crippen LogP) is 19.0. The SMILES string of the molecule is CCCCCCCCC/C=C\CCCCCCCCCC(=O)OCCCCCCCCCCC/C=C\CCCCCCCCCC(=O)NC(CO)C(O)CCCCCCCCCCCCCCC. The van der Waals surface area contributed by atoms with Crippen molar-refractivity contribution in [1.82, 2.24) is 5.32 Å². The van der Waals surface area contributed by atoms with Gasteiger partial charge in [-0.2, -0.15) is 0 Å². The predicted molar refractivity (Wildman–Crippen MR) is 296 cm³/mol. The van der Waals surface area contributed by atoms with Crippen molar-refractivity contribution in [3.05, 3.63) is 24.3 Å². The standard InChI is InChI=1S/C62H119NO5/c1-3-5-7-9-11-13-15-17-18-19-25-28-32-36-40-44-48-52-56-62(67)68-57-53-49-45-41-37-33-29-26-23-21-20-22-24-27-31-35-39-43-47-51-55-61(66)63-59(58-64)60(65)54-50-46-42-38-34-30-16-14-12-10-8-6-4-2/h18-20,22,59-60,64-65H,3-17,21,23-58H2,1-2H3,(H,63,66)/b19-18-,22-20-. The Bertz CT molecular complexity index is 1060. The number of amides is 1. The molecule has 0 saturated carbocycles. The molecule has 0 aliphatic heterocycles. The van der Waals surface area contributed by atoms with Crippen LogP contribution in [0.3, 0.4) is 0 Å². The van der Waals surface area contributed by atoms with Gasteiger partial charge in [-0.3, -0.25) is 9.59 Å². The minimum Gasteiger partial charge on any atom is -0.466 e. The zero-order chi connectivity index (χ0) is 49.3. The molecule has 0 aromatic rings. The van der Waals surface area contributed by atoms with E-state index >= 15 is 0 Å². The Morgan fingerprint density at radius 3 is 1.04 bits per heavy atom. The molecule has 0 spiro atoms. The molecule has 2 unspecified atom stereocenters. The molecule has 0 radical (unpaired) electrons. The van der Waals surface area contributed by atoms with Crippen LogP contribution in [-0.4, -0.2) is 47.4 Å². The fourth-order valence-electron chi connectivity index (χ4n) is 9.51. The Labute approximate surface area is 424 Å². The number of aliphatic hydroxyl groups excluding tert-OH is 2. The summed E-state index contributed by atoms with van der Waals surface area (Å²) < 4.78 is 5.49. The van der Waals surface area contributed by atoms with Crippen molar-refractivity contribution in [3.63, 3.8) is 0 Å². The van der Waals surface area contributed by atoms with Crippen molar-refractivity contribution in [2.24, 2.45) is 0 Å². The number of unbranched alkanes of at least 4 members (excludes halogenated alkanes) is 42. The third-order valence-corrected chi connectivity index (χ3v) is 14.2. The van der Waals surface area contributed by atoms with E-state index in [4.69, 9.17) is 4.74 Å². The summed E-state index contributed by atoms with van der Waals surface area (Å²) in [5, 5.41) is 23.2. The van der Waals surface area contributed by atoms with E-state index in [2.05, 4.69) is 43.5 Å². The molecule has 0 rings (SSSR count). The lowest BCUT2D eigenvalue weighted by Crippen LogP contribution is -2.45. The molecule has 0 aliphatic carbocycles. The molecular formula is C62H119NO5. The number of carbonyl (C=O) groups is 2. The van der Waals surface area contributed by atoms with Crippen LogP contribution in [0.2, 0.25) is 0 Å². The largest absolute Gasteiger partial charge is 0.466 e. The summed E-state index contributed by atoms with van der Waals surface area (Å²) in [7, 11) is 0. The number of rotatable bonds is 57. The molecular weight excluding hydrogens is 839 g/mol. The number of allylic oxidation sites excluding steroid dienone is 4. The summed E-state index contributed by atoms with van der Waals surface area (Å²) in [6.07, 6.45) is 70.4. The smallest absolute Gasteiger partial charge is 0.305 e. The summed E-state index contributed by atoms with van der Waals surface area (Å²) in [4.78, 5) is 24.5. The van der Waals surface area contributed by atoms with Crippen LogP contribution in [0.5, 0.6) is 0 Å². The minimum absolute atomic E-state index is 0.00366. The molecule has 3 N–H and O–H groups in total. The molecule has 0 aliphatic rings. The normalized spacial score (nSPS) is 12.7. The van der Waals surface area contributed by atoms with E-state index in [-0.39, 0.29) is 18.5 Å². The maximum Gasteiger partial charge on any atom is 0.305 e. The summed E-state index contributed by atoms with van der Waals surface area (Å²) >= 11 is 0. The van der Waals surface area contributed by atoms with Gasteiger partial charge in [0.2, 0.25) is 5.91 Å². The van der Waals surface area contributed by atoms with Crippen LogP contribution in [0.25, 0.3) is 0 Å². The van der Waals surface area contributed by atoms with Crippen LogP contribution >= 0.6 is 0 Å². The Morgan fingerprint density at radius 1 is 0.397 bits per heavy atom. The third-order valence-electron chi connectivity index (χ3n) is 14.2. The molecule has 402 valence electrons. The van der Waals surface area contributed by atoms with E-state index in [1.54, 1.807) is 0 Å². The highest BCUT2D eigenvalue weighted by Crippen LogP contribution is 2.17. The van der Waals surface area contributed by atoms with Gasteiger partial charge in [-0.1, -0.05) is 269 Å². The van der Waals surface area contributed by atoms with Crippen LogP contribution < -0.4 is 5.32 Å². The van der Waals surface area contributed by atoms with Crippen LogP contribution in [0.4, 0.5) is 0 Å². The quantitative estimate of drug-likeness (QED) is 0.0321. The molecule has 6 heteroatoms. The van der Waals surface area contributed by atoms with Crippen LogP contribution in [-0.2, 0) is 14.3 Å². The number of carbonyl (C=O) groups excluding carboxylic acids is 2. The Balaban J connectivity index is 3.41. The van der Waals surface area contributed by atoms with Gasteiger partial charge in [0.25, 0.3) is 0 Å². The molecule has 2 atom stereocenters. The van der Waals surface area contributed by atoms with Gasteiger partial charge < -0.3 is 20.3 Å². The van der Waals surface area contributed by atoms with Crippen LogP contribution in [0.15, 0.2) is 24.3 Å². The van der Waals surface area contributed by atoms with Gasteiger partial charge in [0.15, 0.2) is 0 Å². The molecule has 0 fully saturated rings. The van der Waals surface area contributed by atoms with Crippen molar-refractivity contribution in [1.29, 1.82) is 0 Å². The van der Waals surface area contributed by atoms with E-state index in [9.17, 15) is 19.8 Å². The lowest BCUT2D eigenvalue weighted by atomic mass is 10.0. The lowest BCUT2D eigenvalue weighted by molar-refractivity contribution is -0.143. The molecule has 1 amide bonds. The maximum atomic E-state index is 12.5. The third kappa shape index (κ3) is 53.7. The van der Waals surface area contributed by atoms with Gasteiger partial charge in [0, 0.05) is 12.8 Å². The second-order valence-corrected chi connectivity index (χ2v) is 21.0. The Kier molecular flexibility index (Phi) is 56.5. The Hall–Kier alpha value is -1.66. The van der Waals surface area contributed by atoms with Crippen molar-refractivity contribution in [2.45, 2.75) is 347 Å². The topological polar surface area (TPSA) is 95.9 Å². The summed E-state index contributed by atoms with van der Waals surface area (Å²) in [5.74, 6) is -0.0392. The molecule has 0 aromatic carbocycles. The summed E-state index contributed by atoms with van der Waals surface area (Å²) in [6, 6.07) is -0.547. The first-order valence-electron chi connectivity index (χ1n) is 30.6. The van der Waals surface area contributed by atoms with Crippen molar-refractivity contribution < 1.29 is 24.5 Å². The summed E-state index contributed by atoms with van der Waals surface area (Å²) in [6.45, 7) is 4.95. The van der Waals surface area contributed by atoms with Gasteiger partial charge in [0.1, 0.15) is 0 Å². The zero-order valence-corrected chi connectivity index (χ0v) is 45.9. The molecule has 68 heavy (non-hydrogen) atoms. The fourth-order valence-corrected chi connectivity index (χ4v) is 9.51. The fraction of sp³-hybridized carbons (Fsp3) is 0.903. The lowest BCUT2D eigenvalue weighted by Gasteiger charge is -2.22. The number of hydrogen-bond donors (Lipinski definition) is 3. The van der Waals surface area contributed by atoms with Crippen molar-refractivity contribution in [2.75, 3.05) is 13.2 Å². The first kappa shape index (κ1) is 66.3.